The lowest BCUT2D eigenvalue weighted by Gasteiger charge is -2.10. The fraction of sp³-hybridized carbons (Fsp3) is 0.222. The van der Waals surface area contributed by atoms with E-state index in [0.29, 0.717) is 16.3 Å². The van der Waals surface area contributed by atoms with Crippen LogP contribution in [0.1, 0.15) is 28.4 Å². The Hall–Kier alpha value is -3.36. The van der Waals surface area contributed by atoms with Crippen LogP contribution in [0.4, 0.5) is 5.00 Å². The number of hydrogen-bond donors (Lipinski definition) is 1. The lowest BCUT2D eigenvalue weighted by atomic mass is 10.0. The van der Waals surface area contributed by atoms with Crippen molar-refractivity contribution in [1.82, 2.24) is 4.98 Å². The van der Waals surface area contributed by atoms with E-state index in [0.717, 1.165) is 38.2 Å². The van der Waals surface area contributed by atoms with Crippen LogP contribution >= 0.6 is 23.1 Å². The number of nitrogens with one attached hydrogen (secondary N) is 1. The van der Waals surface area contributed by atoms with Gasteiger partial charge in [-0.15, -0.1) is 11.3 Å². The van der Waals surface area contributed by atoms with E-state index in [2.05, 4.69) is 5.32 Å². The number of rotatable bonds is 8. The van der Waals surface area contributed by atoms with Gasteiger partial charge in [0.2, 0.25) is 5.91 Å². The second-order valence-electron chi connectivity index (χ2n) is 7.91. The second kappa shape index (κ2) is 10.9. The third-order valence-corrected chi connectivity index (χ3v) is 7.25. The van der Waals surface area contributed by atoms with Crippen LogP contribution in [0.25, 0.3) is 22.0 Å². The van der Waals surface area contributed by atoms with Gasteiger partial charge in [0.05, 0.1) is 24.5 Å². The third kappa shape index (κ3) is 5.49. The predicted molar refractivity (Wildman–Crippen MR) is 143 cm³/mol. The van der Waals surface area contributed by atoms with Gasteiger partial charge in [-0.3, -0.25) is 4.79 Å². The number of para-hydroxylation sites is 1. The topological polar surface area (TPSA) is 77.5 Å². The maximum absolute atomic E-state index is 12.9. The van der Waals surface area contributed by atoms with Crippen LogP contribution in [0.2, 0.25) is 0 Å². The first-order valence-corrected chi connectivity index (χ1v) is 13.0. The van der Waals surface area contributed by atoms with Crippen LogP contribution in [0, 0.1) is 13.8 Å². The summed E-state index contributed by atoms with van der Waals surface area (Å²) in [7, 11) is 1.62. The number of carbonyl (C=O) groups is 2. The van der Waals surface area contributed by atoms with Crippen LogP contribution in [0.3, 0.4) is 0 Å². The summed E-state index contributed by atoms with van der Waals surface area (Å²) >= 11 is 2.65. The molecule has 2 aromatic carbocycles. The molecule has 4 rings (SSSR count). The van der Waals surface area contributed by atoms with Crippen molar-refractivity contribution in [3.8, 4) is 16.9 Å². The Kier molecular flexibility index (Phi) is 7.73. The van der Waals surface area contributed by atoms with Gasteiger partial charge in [0.15, 0.2) is 0 Å². The summed E-state index contributed by atoms with van der Waals surface area (Å²) in [5.74, 6) is 0.162. The number of benzene rings is 2. The van der Waals surface area contributed by atoms with E-state index < -0.39 is 5.97 Å². The summed E-state index contributed by atoms with van der Waals surface area (Å²) in [6.45, 7) is 6.03. The first-order valence-electron chi connectivity index (χ1n) is 11.1. The standard InChI is InChI=1S/C27H26N2O4S2/c1-5-33-27(31)24-20(18-11-9-16(2)10-12-18)14-35-26(24)28-22(30)15-34-23-13-17(3)19-7-6-8-21(32-4)25(19)29-23/h6-14H,5,15H2,1-4H3,(H,28,30). The van der Waals surface area contributed by atoms with E-state index in [9.17, 15) is 9.59 Å². The number of nitrogens with zero attached hydrogens (tertiary/aromatic N) is 1. The fourth-order valence-electron chi connectivity index (χ4n) is 3.70. The molecule has 0 saturated heterocycles. The molecule has 6 nitrogen and oxygen atoms in total. The Morgan fingerprint density at radius 1 is 1.11 bits per heavy atom. The number of aromatic nitrogens is 1. The van der Waals surface area contributed by atoms with E-state index in [1.165, 1.54) is 23.1 Å². The number of hydrogen-bond acceptors (Lipinski definition) is 7. The quantitative estimate of drug-likeness (QED) is 0.217. The summed E-state index contributed by atoms with van der Waals surface area (Å²) in [5, 5.41) is 7.00. The molecule has 1 amide bonds. The third-order valence-electron chi connectivity index (χ3n) is 5.44. The predicted octanol–water partition coefficient (Wildman–Crippen LogP) is 6.50. The molecule has 2 heterocycles. The Balaban J connectivity index is 1.54. The van der Waals surface area contributed by atoms with Gasteiger partial charge < -0.3 is 14.8 Å². The van der Waals surface area contributed by atoms with Crippen molar-refractivity contribution < 1.29 is 19.1 Å². The molecule has 0 aliphatic carbocycles. The van der Waals surface area contributed by atoms with Crippen molar-refractivity contribution in [2.24, 2.45) is 0 Å². The van der Waals surface area contributed by atoms with Gasteiger partial charge in [-0.05, 0) is 44.0 Å². The number of fused-ring (bicyclic) bond motifs is 1. The minimum atomic E-state index is -0.453. The summed E-state index contributed by atoms with van der Waals surface area (Å²) in [6, 6.07) is 15.7. The lowest BCUT2D eigenvalue weighted by Crippen LogP contribution is -2.16. The van der Waals surface area contributed by atoms with Crippen molar-refractivity contribution in [2.75, 3.05) is 24.8 Å². The summed E-state index contributed by atoms with van der Waals surface area (Å²) in [6.07, 6.45) is 0. The van der Waals surface area contributed by atoms with Gasteiger partial charge >= 0.3 is 5.97 Å². The number of esters is 1. The largest absolute Gasteiger partial charge is 0.494 e. The molecule has 8 heteroatoms. The van der Waals surface area contributed by atoms with E-state index in [-0.39, 0.29) is 18.3 Å². The van der Waals surface area contributed by atoms with Gasteiger partial charge in [-0.25, -0.2) is 9.78 Å². The van der Waals surface area contributed by atoms with Crippen LogP contribution in [-0.2, 0) is 9.53 Å². The van der Waals surface area contributed by atoms with Crippen molar-refractivity contribution in [3.05, 3.63) is 70.6 Å². The fourth-order valence-corrected chi connectivity index (χ4v) is 5.44. The van der Waals surface area contributed by atoms with E-state index in [1.807, 2.05) is 67.8 Å². The van der Waals surface area contributed by atoms with Crippen molar-refractivity contribution >= 4 is 50.9 Å². The molecule has 0 aliphatic rings. The maximum Gasteiger partial charge on any atom is 0.341 e. The summed E-state index contributed by atoms with van der Waals surface area (Å²) in [5.41, 5.74) is 4.97. The number of aryl methyl sites for hydroxylation is 2. The minimum Gasteiger partial charge on any atom is -0.494 e. The summed E-state index contributed by atoms with van der Waals surface area (Å²) in [4.78, 5) is 30.3. The van der Waals surface area contributed by atoms with E-state index in [1.54, 1.807) is 14.0 Å². The number of pyridine rings is 1. The number of thioether (sulfide) groups is 1. The highest BCUT2D eigenvalue weighted by molar-refractivity contribution is 7.99. The normalized spacial score (nSPS) is 10.9. The molecular formula is C27H26N2O4S2. The molecule has 180 valence electrons. The smallest absolute Gasteiger partial charge is 0.341 e. The molecule has 0 atom stereocenters. The van der Waals surface area contributed by atoms with Crippen LogP contribution in [-0.4, -0.2) is 36.3 Å². The number of carbonyl (C=O) groups excluding carboxylic acids is 2. The Bertz CT molecular complexity index is 1380. The number of anilines is 1. The molecule has 0 fully saturated rings. The van der Waals surface area contributed by atoms with Gasteiger partial charge in [-0.2, -0.15) is 0 Å². The van der Waals surface area contributed by atoms with Gasteiger partial charge in [0, 0.05) is 16.3 Å². The van der Waals surface area contributed by atoms with Crippen molar-refractivity contribution in [3.63, 3.8) is 0 Å². The number of amides is 1. The Morgan fingerprint density at radius 3 is 2.60 bits per heavy atom. The SMILES string of the molecule is CCOC(=O)c1c(-c2ccc(C)cc2)csc1NC(=O)CSc1cc(C)c2cccc(OC)c2n1. The minimum absolute atomic E-state index is 0.146. The Labute approximate surface area is 212 Å². The number of thiophene rings is 1. The van der Waals surface area contributed by atoms with Gasteiger partial charge in [0.1, 0.15) is 21.8 Å². The molecule has 4 aromatic rings. The Morgan fingerprint density at radius 2 is 1.89 bits per heavy atom. The highest BCUT2D eigenvalue weighted by Crippen LogP contribution is 2.37. The monoisotopic (exact) mass is 506 g/mol. The average molecular weight is 507 g/mol. The molecule has 0 radical (unpaired) electrons. The van der Waals surface area contributed by atoms with Crippen LogP contribution < -0.4 is 10.1 Å². The summed E-state index contributed by atoms with van der Waals surface area (Å²) < 4.78 is 10.7. The molecule has 0 bridgehead atoms. The second-order valence-corrected chi connectivity index (χ2v) is 9.79. The molecule has 2 aromatic heterocycles. The van der Waals surface area contributed by atoms with Crippen molar-refractivity contribution in [2.45, 2.75) is 25.8 Å². The highest BCUT2D eigenvalue weighted by Gasteiger charge is 2.23. The zero-order valence-electron chi connectivity index (χ0n) is 20.0. The first kappa shape index (κ1) is 24.8. The molecule has 0 aliphatic heterocycles. The molecule has 1 N–H and O–H groups in total. The highest BCUT2D eigenvalue weighted by atomic mass is 32.2. The molecule has 0 spiro atoms. The molecular weight excluding hydrogens is 480 g/mol. The van der Waals surface area contributed by atoms with Crippen molar-refractivity contribution in [1.29, 1.82) is 0 Å². The van der Waals surface area contributed by atoms with Crippen LogP contribution in [0.5, 0.6) is 5.75 Å². The maximum atomic E-state index is 12.9. The average Bonchev–Trinajstić information content (AvgIpc) is 3.26. The zero-order chi connectivity index (χ0) is 24.9. The van der Waals surface area contributed by atoms with Gasteiger partial charge in [0.25, 0.3) is 0 Å². The first-order chi connectivity index (χ1) is 16.9. The zero-order valence-corrected chi connectivity index (χ0v) is 21.6. The van der Waals surface area contributed by atoms with E-state index in [4.69, 9.17) is 14.5 Å². The molecule has 0 saturated carbocycles. The number of ether oxygens (including phenoxy) is 2. The van der Waals surface area contributed by atoms with E-state index >= 15 is 0 Å². The van der Waals surface area contributed by atoms with Gasteiger partial charge in [-0.1, -0.05) is 53.7 Å². The van der Waals surface area contributed by atoms with Crippen LogP contribution in [0.15, 0.2) is 58.9 Å². The number of methoxy groups -OCH3 is 1. The molecule has 35 heavy (non-hydrogen) atoms. The molecule has 0 unspecified atom stereocenters. The lowest BCUT2D eigenvalue weighted by molar-refractivity contribution is -0.113.